The van der Waals surface area contributed by atoms with Crippen LogP contribution in [0, 0.1) is 0 Å². The number of amides is 1. The van der Waals surface area contributed by atoms with Crippen molar-refractivity contribution in [1.29, 1.82) is 0 Å². The van der Waals surface area contributed by atoms with Crippen LogP contribution in [0.1, 0.15) is 41.7 Å². The molecule has 7 nitrogen and oxygen atoms in total. The predicted molar refractivity (Wildman–Crippen MR) is 114 cm³/mol. The quantitative estimate of drug-likeness (QED) is 0.659. The molecule has 0 bridgehead atoms. The molecule has 8 heteroatoms. The molecule has 30 heavy (non-hydrogen) atoms. The van der Waals surface area contributed by atoms with Crippen molar-refractivity contribution in [3.8, 4) is 5.69 Å². The number of rotatable bonds is 6. The fourth-order valence-electron chi connectivity index (χ4n) is 3.57. The Labute approximate surface area is 176 Å². The van der Waals surface area contributed by atoms with Crippen LogP contribution in [0.4, 0.5) is 0 Å². The molecule has 1 N–H and O–H groups in total. The highest BCUT2D eigenvalue weighted by molar-refractivity contribution is 7.89. The Bertz CT molecular complexity index is 1100. The maximum absolute atomic E-state index is 12.6. The zero-order valence-electron chi connectivity index (χ0n) is 16.7. The van der Waals surface area contributed by atoms with Crippen molar-refractivity contribution in [2.45, 2.75) is 30.7 Å². The molecule has 156 valence electrons. The Balaban J connectivity index is 1.42. The van der Waals surface area contributed by atoms with Gasteiger partial charge in [0.15, 0.2) is 0 Å². The second-order valence-corrected chi connectivity index (χ2v) is 9.33. The Morgan fingerprint density at radius 3 is 2.30 bits per heavy atom. The van der Waals surface area contributed by atoms with Gasteiger partial charge in [-0.15, -0.1) is 0 Å². The molecule has 3 aromatic rings. The van der Waals surface area contributed by atoms with Gasteiger partial charge in [0, 0.05) is 36.7 Å². The first-order valence-corrected chi connectivity index (χ1v) is 11.4. The number of carbonyl (C=O) groups excluding carboxylic acids is 1. The molecule has 1 aliphatic rings. The number of aromatic nitrogens is 2. The van der Waals surface area contributed by atoms with E-state index in [2.05, 4.69) is 10.3 Å². The third kappa shape index (κ3) is 4.15. The summed E-state index contributed by atoms with van der Waals surface area (Å²) in [4.78, 5) is 16.9. The summed E-state index contributed by atoms with van der Waals surface area (Å²) in [6, 6.07) is 13.8. The Morgan fingerprint density at radius 1 is 1.03 bits per heavy atom. The summed E-state index contributed by atoms with van der Waals surface area (Å²) in [7, 11) is -3.47. The summed E-state index contributed by atoms with van der Waals surface area (Å²) in [5.41, 5.74) is 2.39. The van der Waals surface area contributed by atoms with Crippen LogP contribution in [-0.4, -0.2) is 41.3 Å². The van der Waals surface area contributed by atoms with Gasteiger partial charge in [0.25, 0.3) is 5.91 Å². The van der Waals surface area contributed by atoms with Crippen molar-refractivity contribution in [3.63, 3.8) is 0 Å². The minimum atomic E-state index is -3.47. The number of benzene rings is 2. The summed E-state index contributed by atoms with van der Waals surface area (Å²) in [5.74, 6) is -0.244. The van der Waals surface area contributed by atoms with E-state index in [1.165, 1.54) is 16.4 Å². The maximum Gasteiger partial charge on any atom is 0.251 e. The van der Waals surface area contributed by atoms with E-state index >= 15 is 0 Å². The molecule has 1 amide bonds. The molecule has 1 aliphatic heterocycles. The first-order valence-electron chi connectivity index (χ1n) is 9.94. The molecule has 4 rings (SSSR count). The Hall–Kier alpha value is -2.97. The highest BCUT2D eigenvalue weighted by atomic mass is 32.2. The summed E-state index contributed by atoms with van der Waals surface area (Å²) in [6.07, 6.45) is 7.10. The second kappa shape index (κ2) is 8.41. The number of nitrogens with one attached hydrogen (secondary N) is 1. The molecular weight excluding hydrogens is 400 g/mol. The first-order chi connectivity index (χ1) is 14.4. The van der Waals surface area contributed by atoms with Gasteiger partial charge < -0.3 is 9.88 Å². The number of carbonyl (C=O) groups is 1. The van der Waals surface area contributed by atoms with Gasteiger partial charge in [0.2, 0.25) is 10.0 Å². The molecule has 1 saturated heterocycles. The molecule has 1 aromatic heterocycles. The highest BCUT2D eigenvalue weighted by Crippen LogP contribution is 2.21. The smallest absolute Gasteiger partial charge is 0.251 e. The fraction of sp³-hybridized carbons (Fsp3) is 0.273. The monoisotopic (exact) mass is 424 g/mol. The topological polar surface area (TPSA) is 84.3 Å². The fourth-order valence-corrected chi connectivity index (χ4v) is 5.08. The molecule has 0 radical (unpaired) electrons. The van der Waals surface area contributed by atoms with Crippen molar-refractivity contribution >= 4 is 15.9 Å². The van der Waals surface area contributed by atoms with Crippen LogP contribution in [0.5, 0.6) is 0 Å². The van der Waals surface area contributed by atoms with E-state index in [9.17, 15) is 13.2 Å². The van der Waals surface area contributed by atoms with Crippen LogP contribution >= 0.6 is 0 Å². The van der Waals surface area contributed by atoms with Crippen molar-refractivity contribution in [3.05, 3.63) is 78.4 Å². The van der Waals surface area contributed by atoms with E-state index < -0.39 is 10.0 Å². The lowest BCUT2D eigenvalue weighted by molar-refractivity contribution is 0.0940. The molecule has 0 spiro atoms. The molecule has 2 heterocycles. The average molecular weight is 425 g/mol. The van der Waals surface area contributed by atoms with Gasteiger partial charge >= 0.3 is 0 Å². The molecule has 2 aromatic carbocycles. The van der Waals surface area contributed by atoms with Crippen LogP contribution in [0.2, 0.25) is 0 Å². The Morgan fingerprint density at radius 2 is 1.70 bits per heavy atom. The van der Waals surface area contributed by atoms with Gasteiger partial charge in [-0.25, -0.2) is 13.4 Å². The minimum Gasteiger partial charge on any atom is -0.346 e. The van der Waals surface area contributed by atoms with Crippen molar-refractivity contribution < 1.29 is 13.2 Å². The van der Waals surface area contributed by atoms with Gasteiger partial charge in [0.05, 0.1) is 17.3 Å². The summed E-state index contributed by atoms with van der Waals surface area (Å²) < 4.78 is 28.6. The van der Waals surface area contributed by atoms with Gasteiger partial charge in [0.1, 0.15) is 0 Å². The van der Waals surface area contributed by atoms with E-state index in [-0.39, 0.29) is 16.8 Å². The van der Waals surface area contributed by atoms with E-state index in [0.717, 1.165) is 24.1 Å². The SMILES string of the molecule is C[C@H](NC(=O)c1ccc(S(=O)(=O)N2CCCC2)cc1)c1ccc(-n2ccnc2)cc1. The third-order valence-electron chi connectivity index (χ3n) is 5.36. The van der Waals surface area contributed by atoms with Gasteiger partial charge in [-0.05, 0) is 61.7 Å². The Kier molecular flexibility index (Phi) is 5.69. The van der Waals surface area contributed by atoms with Crippen LogP contribution in [0.3, 0.4) is 0 Å². The lowest BCUT2D eigenvalue weighted by Gasteiger charge is -2.17. The predicted octanol–water partition coefficient (Wildman–Crippen LogP) is 3.15. The summed E-state index contributed by atoms with van der Waals surface area (Å²) >= 11 is 0. The van der Waals surface area contributed by atoms with E-state index in [4.69, 9.17) is 0 Å². The molecule has 1 fully saturated rings. The number of imidazole rings is 1. The second-order valence-electron chi connectivity index (χ2n) is 7.39. The largest absolute Gasteiger partial charge is 0.346 e. The third-order valence-corrected chi connectivity index (χ3v) is 7.28. The number of nitrogens with zero attached hydrogens (tertiary/aromatic N) is 3. The van der Waals surface area contributed by atoms with E-state index in [0.29, 0.717) is 18.7 Å². The van der Waals surface area contributed by atoms with Crippen LogP contribution < -0.4 is 5.32 Å². The van der Waals surface area contributed by atoms with Crippen LogP contribution in [0.15, 0.2) is 72.1 Å². The molecule has 1 atom stereocenters. The standard InChI is InChI=1S/C22H24N4O3S/c1-17(18-4-8-20(9-5-18)25-15-12-23-16-25)24-22(27)19-6-10-21(11-7-19)30(28,29)26-13-2-3-14-26/h4-12,15-17H,2-3,13-14H2,1H3,(H,24,27)/t17-/m0/s1. The molecule has 0 aliphatic carbocycles. The zero-order chi connectivity index (χ0) is 21.1. The molecule has 0 unspecified atom stereocenters. The number of sulfonamides is 1. The molecule has 0 saturated carbocycles. The van der Waals surface area contributed by atoms with Crippen molar-refractivity contribution in [2.75, 3.05) is 13.1 Å². The maximum atomic E-state index is 12.6. The zero-order valence-corrected chi connectivity index (χ0v) is 17.5. The van der Waals surface area contributed by atoms with Crippen LogP contribution in [0.25, 0.3) is 5.69 Å². The van der Waals surface area contributed by atoms with Gasteiger partial charge in [-0.3, -0.25) is 4.79 Å². The van der Waals surface area contributed by atoms with Crippen LogP contribution in [-0.2, 0) is 10.0 Å². The normalized spacial score (nSPS) is 15.8. The lowest BCUT2D eigenvalue weighted by atomic mass is 10.1. The summed E-state index contributed by atoms with van der Waals surface area (Å²) in [6.45, 7) is 3.03. The van der Waals surface area contributed by atoms with E-state index in [1.54, 1.807) is 24.7 Å². The summed E-state index contributed by atoms with van der Waals surface area (Å²) in [5, 5.41) is 2.96. The molecular formula is C22H24N4O3S. The lowest BCUT2D eigenvalue weighted by Crippen LogP contribution is -2.28. The highest BCUT2D eigenvalue weighted by Gasteiger charge is 2.27. The minimum absolute atomic E-state index is 0.192. The van der Waals surface area contributed by atoms with Crippen molar-refractivity contribution in [2.24, 2.45) is 0 Å². The van der Waals surface area contributed by atoms with Crippen molar-refractivity contribution in [1.82, 2.24) is 19.2 Å². The van der Waals surface area contributed by atoms with Gasteiger partial charge in [-0.2, -0.15) is 4.31 Å². The average Bonchev–Trinajstić information content (AvgIpc) is 3.48. The van der Waals surface area contributed by atoms with E-state index in [1.807, 2.05) is 42.0 Å². The number of hydrogen-bond acceptors (Lipinski definition) is 4. The van der Waals surface area contributed by atoms with Gasteiger partial charge in [-0.1, -0.05) is 12.1 Å². The first kappa shape index (κ1) is 20.3. The number of hydrogen-bond donors (Lipinski definition) is 1.